The Hall–Kier alpha value is -2.11. The first-order chi connectivity index (χ1) is 12.1. The van der Waals surface area contributed by atoms with Crippen molar-refractivity contribution in [1.29, 1.82) is 5.26 Å². The molecule has 8 heteroatoms. The molecule has 0 unspecified atom stereocenters. The maximum absolute atomic E-state index is 13.0. The van der Waals surface area contributed by atoms with E-state index < -0.39 is 5.91 Å². The number of amides is 1. The topological polar surface area (TPSA) is 70.7 Å². The van der Waals surface area contributed by atoms with Crippen LogP contribution in [0.4, 0.5) is 9.57 Å². The van der Waals surface area contributed by atoms with E-state index in [1.165, 1.54) is 18.2 Å². The van der Waals surface area contributed by atoms with Gasteiger partial charge in [-0.15, -0.1) is 3.89 Å². The van der Waals surface area contributed by atoms with Gasteiger partial charge in [0, 0.05) is 15.7 Å². The summed E-state index contributed by atoms with van der Waals surface area (Å²) in [5.41, 5.74) is 2.75. The summed E-state index contributed by atoms with van der Waals surface area (Å²) in [4.78, 5) is 16.4. The van der Waals surface area contributed by atoms with E-state index in [-0.39, 0.29) is 23.9 Å². The van der Waals surface area contributed by atoms with E-state index in [1.807, 2.05) is 12.1 Å². The molecule has 5 nitrogen and oxygen atoms in total. The second kappa shape index (κ2) is 7.85. The molecule has 25 heavy (non-hydrogen) atoms. The zero-order chi connectivity index (χ0) is 17.8. The number of allylic oxidation sites excluding steroid dienone is 2. The molecule has 1 N–H and O–H groups in total. The lowest BCUT2D eigenvalue weighted by molar-refractivity contribution is 0.101. The lowest BCUT2D eigenvalue weighted by Crippen LogP contribution is -2.17. The molecule has 3 rings (SSSR count). The summed E-state index contributed by atoms with van der Waals surface area (Å²) in [7, 11) is 0. The second-order valence-electron chi connectivity index (χ2n) is 5.58. The number of anilines is 1. The van der Waals surface area contributed by atoms with E-state index in [9.17, 15) is 8.68 Å². The van der Waals surface area contributed by atoms with Crippen molar-refractivity contribution in [2.45, 2.75) is 25.7 Å². The van der Waals surface area contributed by atoms with E-state index in [0.29, 0.717) is 5.69 Å². The zero-order valence-electron chi connectivity index (χ0n) is 13.1. The van der Waals surface area contributed by atoms with Crippen LogP contribution in [0.25, 0.3) is 5.57 Å². The first-order valence-corrected chi connectivity index (χ1v) is 9.18. The number of nitrogens with zero attached hydrogens (tertiary/aromatic N) is 3. The van der Waals surface area contributed by atoms with Gasteiger partial charge in [0.25, 0.3) is 5.91 Å². The van der Waals surface area contributed by atoms with Crippen molar-refractivity contribution in [3.05, 3.63) is 52.0 Å². The van der Waals surface area contributed by atoms with E-state index in [1.54, 1.807) is 12.1 Å². The van der Waals surface area contributed by atoms with Gasteiger partial charge in [0.1, 0.15) is 6.07 Å². The Labute approximate surface area is 157 Å². The number of carbonyl (C=O) groups excluding carboxylic acids is 1. The molecule has 0 bridgehead atoms. The van der Waals surface area contributed by atoms with Crippen LogP contribution in [0.5, 0.6) is 0 Å². The van der Waals surface area contributed by atoms with E-state index >= 15 is 0 Å². The predicted octanol–water partition coefficient (Wildman–Crippen LogP) is 5.11. The molecule has 128 valence electrons. The van der Waals surface area contributed by atoms with Crippen molar-refractivity contribution < 1.29 is 8.68 Å². The molecule has 0 radical (unpaired) electrons. The van der Waals surface area contributed by atoms with Crippen LogP contribution in [0, 0.1) is 11.3 Å². The average molecular weight is 421 g/mol. The molecule has 0 atom stereocenters. The van der Waals surface area contributed by atoms with Gasteiger partial charge in [0.05, 0.1) is 6.20 Å². The van der Waals surface area contributed by atoms with Crippen LogP contribution in [-0.4, -0.2) is 14.9 Å². The van der Waals surface area contributed by atoms with Crippen molar-refractivity contribution in [3.63, 3.8) is 0 Å². The molecule has 1 aliphatic carbocycles. The average Bonchev–Trinajstić information content (AvgIpc) is 3.07. The quantitative estimate of drug-likeness (QED) is 0.745. The van der Waals surface area contributed by atoms with E-state index in [2.05, 4.69) is 32.3 Å². The number of benzene rings is 1. The third kappa shape index (κ3) is 3.94. The fourth-order valence-electron chi connectivity index (χ4n) is 2.77. The van der Waals surface area contributed by atoms with Crippen molar-refractivity contribution in [3.8, 4) is 6.07 Å². The van der Waals surface area contributed by atoms with Crippen LogP contribution >= 0.6 is 28.3 Å². The molecule has 2 aromatic rings. The Balaban J connectivity index is 1.93. The van der Waals surface area contributed by atoms with Crippen molar-refractivity contribution >= 4 is 45.4 Å². The molecule has 1 amide bonds. The molecule has 0 saturated heterocycles. The summed E-state index contributed by atoms with van der Waals surface area (Å²) in [5.74, 6) is -0.720. The molecular weight excluding hydrogens is 407 g/mol. The van der Waals surface area contributed by atoms with Crippen LogP contribution in [0.1, 0.15) is 47.6 Å². The SMILES string of the molecule is N#Cc1cn(SF)c(C(=O)Nc2ccc(Br)cc2C2=CCCCC2)n1. The number of halogens is 2. The molecule has 0 saturated carbocycles. The predicted molar refractivity (Wildman–Crippen MR) is 99.6 cm³/mol. The van der Waals surface area contributed by atoms with E-state index in [4.69, 9.17) is 5.26 Å². The molecule has 1 heterocycles. The lowest BCUT2D eigenvalue weighted by atomic mass is 9.92. The molecule has 1 aliphatic rings. The Morgan fingerprint density at radius 1 is 1.44 bits per heavy atom. The van der Waals surface area contributed by atoms with Crippen LogP contribution < -0.4 is 5.32 Å². The maximum Gasteiger partial charge on any atom is 0.292 e. The summed E-state index contributed by atoms with van der Waals surface area (Å²) >= 11 is 3.29. The van der Waals surface area contributed by atoms with Gasteiger partial charge in [-0.3, -0.25) is 4.79 Å². The van der Waals surface area contributed by atoms with Crippen molar-refractivity contribution in [2.75, 3.05) is 5.32 Å². The summed E-state index contributed by atoms with van der Waals surface area (Å²) in [6, 6.07) is 7.40. The number of aromatic nitrogens is 2. The molecule has 0 spiro atoms. The number of nitrogens with one attached hydrogen (secondary N) is 1. The molecule has 1 aromatic carbocycles. The smallest absolute Gasteiger partial charge is 0.292 e. The highest BCUT2D eigenvalue weighted by molar-refractivity contribution is 9.10. The van der Waals surface area contributed by atoms with Crippen LogP contribution in [0.15, 0.2) is 34.9 Å². The minimum Gasteiger partial charge on any atom is -0.319 e. The van der Waals surface area contributed by atoms with Gasteiger partial charge in [-0.05, 0) is 49.5 Å². The minimum atomic E-state index is -0.563. The number of hydrogen-bond donors (Lipinski definition) is 1. The van der Waals surface area contributed by atoms with Gasteiger partial charge in [-0.2, -0.15) is 5.26 Å². The van der Waals surface area contributed by atoms with Crippen LogP contribution in [0.2, 0.25) is 0 Å². The van der Waals surface area contributed by atoms with Gasteiger partial charge < -0.3 is 5.32 Å². The molecule has 0 aliphatic heterocycles. The summed E-state index contributed by atoms with van der Waals surface area (Å²) in [6.45, 7) is 0. The van der Waals surface area contributed by atoms with E-state index in [0.717, 1.165) is 33.3 Å². The van der Waals surface area contributed by atoms with Gasteiger partial charge in [0.2, 0.25) is 5.82 Å². The van der Waals surface area contributed by atoms with Crippen molar-refractivity contribution in [2.24, 2.45) is 0 Å². The number of carbonyl (C=O) groups is 1. The summed E-state index contributed by atoms with van der Waals surface area (Å²) in [6.07, 6.45) is 7.62. The third-order valence-electron chi connectivity index (χ3n) is 3.93. The Morgan fingerprint density at radius 3 is 2.96 bits per heavy atom. The number of hydrogen-bond acceptors (Lipinski definition) is 4. The lowest BCUT2D eigenvalue weighted by Gasteiger charge is -2.17. The fraction of sp³-hybridized carbons (Fsp3) is 0.235. The van der Waals surface area contributed by atoms with Gasteiger partial charge in [0.15, 0.2) is 18.0 Å². The van der Waals surface area contributed by atoms with Gasteiger partial charge in [-0.1, -0.05) is 22.0 Å². The summed E-state index contributed by atoms with van der Waals surface area (Å²) < 4.78 is 14.8. The maximum atomic E-state index is 13.0. The van der Waals surface area contributed by atoms with Gasteiger partial charge in [-0.25, -0.2) is 8.96 Å². The molecular formula is C17H14BrFN4OS. The number of rotatable bonds is 4. The third-order valence-corrected chi connectivity index (χ3v) is 4.85. The van der Waals surface area contributed by atoms with Crippen molar-refractivity contribution in [1.82, 2.24) is 8.96 Å². The highest BCUT2D eigenvalue weighted by Gasteiger charge is 2.19. The fourth-order valence-corrected chi connectivity index (χ4v) is 3.46. The standard InChI is InChI=1S/C17H14BrFN4OS/c18-12-6-7-15(14(8-12)11-4-2-1-3-5-11)22-17(24)16-21-13(9-20)10-23(16)25-19/h4,6-8,10H,1-3,5H2,(H,22,24). The summed E-state index contributed by atoms with van der Waals surface area (Å²) in [5, 5.41) is 11.7. The normalized spacial score (nSPS) is 13.9. The Kier molecular flexibility index (Phi) is 5.56. The monoisotopic (exact) mass is 420 g/mol. The van der Waals surface area contributed by atoms with Crippen LogP contribution in [-0.2, 0) is 0 Å². The Bertz CT molecular complexity index is 887. The first kappa shape index (κ1) is 17.7. The Morgan fingerprint density at radius 2 is 2.28 bits per heavy atom. The van der Waals surface area contributed by atoms with Crippen LogP contribution in [0.3, 0.4) is 0 Å². The molecule has 0 fully saturated rings. The second-order valence-corrected chi connectivity index (χ2v) is 7.02. The first-order valence-electron chi connectivity index (χ1n) is 7.71. The zero-order valence-corrected chi connectivity index (χ0v) is 15.5. The minimum absolute atomic E-state index is 0.0127. The highest BCUT2D eigenvalue weighted by Crippen LogP contribution is 2.34. The number of nitriles is 1. The van der Waals surface area contributed by atoms with Gasteiger partial charge >= 0.3 is 0 Å². The highest BCUT2D eigenvalue weighted by atomic mass is 79.9. The largest absolute Gasteiger partial charge is 0.319 e. The number of imidazole rings is 1. The molecule has 1 aromatic heterocycles.